The van der Waals surface area contributed by atoms with Crippen molar-refractivity contribution in [3.63, 3.8) is 0 Å². The lowest BCUT2D eigenvalue weighted by molar-refractivity contribution is 0.578. The molecule has 0 aliphatic carbocycles. The van der Waals surface area contributed by atoms with E-state index in [1.807, 2.05) is 0 Å². The third-order valence-corrected chi connectivity index (χ3v) is 4.62. The van der Waals surface area contributed by atoms with Gasteiger partial charge in [-0.2, -0.15) is 0 Å². The minimum atomic E-state index is -3.67. The van der Waals surface area contributed by atoms with Gasteiger partial charge in [0.15, 0.2) is 0 Å². The minimum absolute atomic E-state index is 0.132. The molecule has 0 amide bonds. The zero-order valence-corrected chi connectivity index (χ0v) is 12.0. The van der Waals surface area contributed by atoms with Crippen molar-refractivity contribution >= 4 is 10.0 Å². The van der Waals surface area contributed by atoms with Crippen molar-refractivity contribution in [2.45, 2.75) is 25.3 Å². The van der Waals surface area contributed by atoms with Crippen LogP contribution in [-0.2, 0) is 16.6 Å². The van der Waals surface area contributed by atoms with Crippen LogP contribution in [0.3, 0.4) is 0 Å². The number of halogens is 1. The molecular formula is C14H15FN2O2S. The Morgan fingerprint density at radius 3 is 2.25 bits per heavy atom. The van der Waals surface area contributed by atoms with Crippen molar-refractivity contribution < 1.29 is 12.8 Å². The van der Waals surface area contributed by atoms with Gasteiger partial charge in [-0.15, -0.1) is 0 Å². The Hall–Kier alpha value is -1.79. The van der Waals surface area contributed by atoms with Crippen LogP contribution in [0, 0.1) is 19.7 Å². The molecule has 0 bridgehead atoms. The van der Waals surface area contributed by atoms with Gasteiger partial charge in [0.05, 0.1) is 4.90 Å². The topological polar surface area (TPSA) is 59.1 Å². The summed E-state index contributed by atoms with van der Waals surface area (Å²) in [7, 11) is -3.67. The largest absolute Gasteiger partial charge is 0.265 e. The van der Waals surface area contributed by atoms with Crippen molar-refractivity contribution in [1.29, 1.82) is 0 Å². The summed E-state index contributed by atoms with van der Waals surface area (Å²) in [4.78, 5) is 4.00. The molecule has 0 aliphatic heterocycles. The Bertz CT molecular complexity index is 692. The molecule has 4 nitrogen and oxygen atoms in total. The zero-order valence-electron chi connectivity index (χ0n) is 11.2. The highest BCUT2D eigenvalue weighted by Gasteiger charge is 2.20. The van der Waals surface area contributed by atoms with Crippen molar-refractivity contribution in [3.8, 4) is 0 Å². The molecule has 2 rings (SSSR count). The van der Waals surface area contributed by atoms with Crippen molar-refractivity contribution in [1.82, 2.24) is 9.71 Å². The molecule has 1 aromatic heterocycles. The summed E-state index contributed by atoms with van der Waals surface area (Å²) in [5.74, 6) is -0.437. The molecule has 2 aromatic rings. The normalized spacial score (nSPS) is 11.6. The van der Waals surface area contributed by atoms with Gasteiger partial charge in [0.2, 0.25) is 10.0 Å². The van der Waals surface area contributed by atoms with Gasteiger partial charge in [-0.3, -0.25) is 4.98 Å². The molecule has 0 radical (unpaired) electrons. The summed E-state index contributed by atoms with van der Waals surface area (Å²) in [5, 5.41) is 0. The predicted molar refractivity (Wildman–Crippen MR) is 74.1 cm³/mol. The summed E-state index contributed by atoms with van der Waals surface area (Å²) in [5.41, 5.74) is 1.59. The fourth-order valence-corrected chi connectivity index (χ4v) is 3.54. The van der Waals surface area contributed by atoms with Crippen molar-refractivity contribution in [3.05, 3.63) is 59.2 Å². The molecule has 0 saturated heterocycles. The third kappa shape index (κ3) is 3.20. The van der Waals surface area contributed by atoms with Gasteiger partial charge >= 0.3 is 0 Å². The lowest BCUT2D eigenvalue weighted by Crippen LogP contribution is -2.25. The Morgan fingerprint density at radius 1 is 1.15 bits per heavy atom. The fourth-order valence-electron chi connectivity index (χ4n) is 2.07. The van der Waals surface area contributed by atoms with Crippen LogP contribution < -0.4 is 4.72 Å². The van der Waals surface area contributed by atoms with Crippen LogP contribution in [0.4, 0.5) is 4.39 Å². The number of rotatable bonds is 4. The average Bonchev–Trinajstić information content (AvgIpc) is 2.36. The van der Waals surface area contributed by atoms with Crippen LogP contribution in [0.1, 0.15) is 16.7 Å². The van der Waals surface area contributed by atoms with E-state index >= 15 is 0 Å². The van der Waals surface area contributed by atoms with E-state index in [1.165, 1.54) is 12.1 Å². The molecule has 1 N–H and O–H groups in total. The highest BCUT2D eigenvalue weighted by Crippen LogP contribution is 2.21. The maximum absolute atomic E-state index is 13.2. The second-order valence-electron chi connectivity index (χ2n) is 4.55. The summed E-state index contributed by atoms with van der Waals surface area (Å²) >= 11 is 0. The highest BCUT2D eigenvalue weighted by atomic mass is 32.2. The molecule has 6 heteroatoms. The Kier molecular flexibility index (Phi) is 4.15. The van der Waals surface area contributed by atoms with Gasteiger partial charge in [0.1, 0.15) is 5.82 Å². The maximum atomic E-state index is 13.2. The van der Waals surface area contributed by atoms with Gasteiger partial charge in [-0.25, -0.2) is 17.5 Å². The molecule has 20 heavy (non-hydrogen) atoms. The van der Waals surface area contributed by atoms with Crippen LogP contribution in [0.5, 0.6) is 0 Å². The SMILES string of the molecule is Cc1cc(F)cc(C)c1S(=O)(=O)NCc1ccncc1. The first-order valence-corrected chi connectivity index (χ1v) is 7.54. The number of hydrogen-bond acceptors (Lipinski definition) is 3. The third-order valence-electron chi connectivity index (χ3n) is 2.91. The van der Waals surface area contributed by atoms with Gasteiger partial charge in [0, 0.05) is 18.9 Å². The molecule has 0 atom stereocenters. The van der Waals surface area contributed by atoms with E-state index in [9.17, 15) is 12.8 Å². The number of benzene rings is 1. The number of pyridine rings is 1. The van der Waals surface area contributed by atoms with E-state index in [2.05, 4.69) is 9.71 Å². The van der Waals surface area contributed by atoms with E-state index in [0.29, 0.717) is 11.1 Å². The first-order valence-electron chi connectivity index (χ1n) is 6.05. The smallest absolute Gasteiger partial charge is 0.241 e. The Morgan fingerprint density at radius 2 is 1.70 bits per heavy atom. The van der Waals surface area contributed by atoms with Crippen molar-refractivity contribution in [2.75, 3.05) is 0 Å². The van der Waals surface area contributed by atoms with Crippen LogP contribution in [0.15, 0.2) is 41.6 Å². The first kappa shape index (κ1) is 14.6. The number of hydrogen-bond donors (Lipinski definition) is 1. The fraction of sp³-hybridized carbons (Fsp3) is 0.214. The molecule has 0 saturated carbocycles. The summed E-state index contributed by atoms with van der Waals surface area (Å²) in [6.07, 6.45) is 3.19. The Balaban J connectivity index is 2.28. The first-order chi connectivity index (χ1) is 9.40. The standard InChI is InChI=1S/C14H15FN2O2S/c1-10-7-13(15)8-11(2)14(10)20(18,19)17-9-12-3-5-16-6-4-12/h3-8,17H,9H2,1-2H3. The van der Waals surface area contributed by atoms with Gasteiger partial charge < -0.3 is 0 Å². The number of sulfonamides is 1. The summed E-state index contributed by atoms with van der Waals surface area (Å²) in [6.45, 7) is 3.33. The molecule has 0 aliphatic rings. The molecule has 0 spiro atoms. The predicted octanol–water partition coefficient (Wildman–Crippen LogP) is 2.32. The van der Waals surface area contributed by atoms with E-state index in [0.717, 1.165) is 5.56 Å². The van der Waals surface area contributed by atoms with E-state index < -0.39 is 15.8 Å². The second kappa shape index (κ2) is 5.68. The molecule has 1 aromatic carbocycles. The van der Waals surface area contributed by atoms with Crippen LogP contribution in [0.2, 0.25) is 0 Å². The second-order valence-corrected chi connectivity index (χ2v) is 6.25. The lowest BCUT2D eigenvalue weighted by atomic mass is 10.1. The van der Waals surface area contributed by atoms with Gasteiger partial charge in [0.25, 0.3) is 0 Å². The molecular weight excluding hydrogens is 279 g/mol. The minimum Gasteiger partial charge on any atom is -0.265 e. The van der Waals surface area contributed by atoms with E-state index in [1.54, 1.807) is 38.4 Å². The highest BCUT2D eigenvalue weighted by molar-refractivity contribution is 7.89. The maximum Gasteiger partial charge on any atom is 0.241 e. The van der Waals surface area contributed by atoms with Gasteiger partial charge in [-0.05, 0) is 54.8 Å². The van der Waals surface area contributed by atoms with E-state index in [4.69, 9.17) is 0 Å². The summed E-state index contributed by atoms with van der Waals surface area (Å²) in [6, 6.07) is 5.89. The van der Waals surface area contributed by atoms with Crippen LogP contribution in [0.25, 0.3) is 0 Å². The zero-order chi connectivity index (χ0) is 14.8. The lowest BCUT2D eigenvalue weighted by Gasteiger charge is -2.12. The molecule has 1 heterocycles. The monoisotopic (exact) mass is 294 g/mol. The molecule has 0 fully saturated rings. The van der Waals surface area contributed by atoms with E-state index in [-0.39, 0.29) is 11.4 Å². The van der Waals surface area contributed by atoms with Crippen LogP contribution >= 0.6 is 0 Å². The molecule has 0 unspecified atom stereocenters. The number of nitrogens with one attached hydrogen (secondary N) is 1. The van der Waals surface area contributed by atoms with Crippen LogP contribution in [-0.4, -0.2) is 13.4 Å². The average molecular weight is 294 g/mol. The van der Waals surface area contributed by atoms with Gasteiger partial charge in [-0.1, -0.05) is 0 Å². The summed E-state index contributed by atoms with van der Waals surface area (Å²) < 4.78 is 40.4. The van der Waals surface area contributed by atoms with Crippen molar-refractivity contribution in [2.24, 2.45) is 0 Å². The number of aromatic nitrogens is 1. The molecule has 106 valence electrons. The Labute approximate surface area is 117 Å². The number of nitrogens with zero attached hydrogens (tertiary/aromatic N) is 1. The quantitative estimate of drug-likeness (QED) is 0.941. The number of aryl methyl sites for hydroxylation is 2.